The first-order valence-corrected chi connectivity index (χ1v) is 9.57. The van der Waals surface area contributed by atoms with Gasteiger partial charge in [-0.25, -0.2) is 13.1 Å². The van der Waals surface area contributed by atoms with Gasteiger partial charge in [-0.05, 0) is 28.8 Å². The maximum absolute atomic E-state index is 12.3. The van der Waals surface area contributed by atoms with Gasteiger partial charge >= 0.3 is 0 Å². The van der Waals surface area contributed by atoms with Crippen molar-refractivity contribution < 1.29 is 8.42 Å². The molecule has 0 fully saturated rings. The van der Waals surface area contributed by atoms with E-state index in [2.05, 4.69) is 10.0 Å². The van der Waals surface area contributed by atoms with Gasteiger partial charge in [-0.3, -0.25) is 0 Å². The van der Waals surface area contributed by atoms with Gasteiger partial charge in [0, 0.05) is 35.2 Å². The Morgan fingerprint density at radius 1 is 1.04 bits per heavy atom. The van der Waals surface area contributed by atoms with Crippen LogP contribution in [0.15, 0.2) is 36.4 Å². The van der Waals surface area contributed by atoms with Crippen molar-refractivity contribution in [3.05, 3.63) is 68.7 Å². The summed E-state index contributed by atoms with van der Waals surface area (Å²) in [6.07, 6.45) is 0. The third kappa shape index (κ3) is 4.05. The van der Waals surface area contributed by atoms with Crippen molar-refractivity contribution in [2.75, 3.05) is 0 Å². The van der Waals surface area contributed by atoms with E-state index in [4.69, 9.17) is 23.2 Å². The molecule has 7 heteroatoms. The van der Waals surface area contributed by atoms with Crippen LogP contribution in [0.1, 0.15) is 22.3 Å². The smallest absolute Gasteiger partial charge is 0.216 e. The van der Waals surface area contributed by atoms with Crippen molar-refractivity contribution >= 4 is 33.2 Å². The molecule has 0 saturated carbocycles. The van der Waals surface area contributed by atoms with Crippen LogP contribution in [0.5, 0.6) is 0 Å². The largest absolute Gasteiger partial charge is 0.309 e. The Labute approximate surface area is 145 Å². The topological polar surface area (TPSA) is 58.2 Å². The maximum Gasteiger partial charge on any atom is 0.216 e. The van der Waals surface area contributed by atoms with E-state index in [1.54, 1.807) is 18.2 Å². The molecule has 23 heavy (non-hydrogen) atoms. The van der Waals surface area contributed by atoms with E-state index in [0.29, 0.717) is 15.6 Å². The van der Waals surface area contributed by atoms with E-state index in [0.717, 1.165) is 18.7 Å². The minimum absolute atomic E-state index is 0.238. The lowest BCUT2D eigenvalue weighted by atomic mass is 10.1. The predicted octanol–water partition coefficient (Wildman–Crippen LogP) is 3.22. The number of rotatable bonds is 5. The number of hydrogen-bond donors (Lipinski definition) is 2. The molecule has 0 atom stereocenters. The van der Waals surface area contributed by atoms with E-state index >= 15 is 0 Å². The van der Waals surface area contributed by atoms with Gasteiger partial charge in [0.1, 0.15) is 0 Å². The van der Waals surface area contributed by atoms with Crippen molar-refractivity contribution in [1.29, 1.82) is 0 Å². The average molecular weight is 371 g/mol. The number of sulfonamides is 1. The van der Waals surface area contributed by atoms with Crippen LogP contribution >= 0.6 is 23.2 Å². The van der Waals surface area contributed by atoms with E-state index in [9.17, 15) is 8.42 Å². The number of nitrogens with one attached hydrogen (secondary N) is 2. The van der Waals surface area contributed by atoms with Crippen molar-refractivity contribution in [3.63, 3.8) is 0 Å². The minimum Gasteiger partial charge on any atom is -0.309 e. The van der Waals surface area contributed by atoms with Gasteiger partial charge in [-0.15, -0.1) is 0 Å². The highest BCUT2D eigenvalue weighted by atomic mass is 35.5. The van der Waals surface area contributed by atoms with Crippen LogP contribution in [0, 0.1) is 0 Å². The number of fused-ring (bicyclic) bond motifs is 1. The molecule has 2 aromatic rings. The lowest BCUT2D eigenvalue weighted by molar-refractivity contribution is 0.580. The second kappa shape index (κ2) is 6.79. The SMILES string of the molecule is O=S(=O)(Cc1c(Cl)cccc1Cl)NCc1ccc2c(c1)CNC2. The fourth-order valence-corrected chi connectivity index (χ4v) is 4.43. The third-order valence-corrected chi connectivity index (χ3v) is 5.75. The monoisotopic (exact) mass is 370 g/mol. The zero-order valence-corrected chi connectivity index (χ0v) is 14.6. The van der Waals surface area contributed by atoms with E-state index < -0.39 is 10.0 Å². The molecule has 0 radical (unpaired) electrons. The molecule has 0 unspecified atom stereocenters. The van der Waals surface area contributed by atoms with Gasteiger partial charge in [-0.2, -0.15) is 0 Å². The summed E-state index contributed by atoms with van der Waals surface area (Å²) in [6, 6.07) is 10.9. The van der Waals surface area contributed by atoms with Gasteiger partial charge in [0.15, 0.2) is 0 Å². The highest BCUT2D eigenvalue weighted by molar-refractivity contribution is 7.88. The second-order valence-electron chi connectivity index (χ2n) is 5.49. The number of halogens is 2. The predicted molar refractivity (Wildman–Crippen MR) is 92.9 cm³/mol. The van der Waals surface area contributed by atoms with Crippen LogP contribution in [0.2, 0.25) is 10.0 Å². The normalized spacial score (nSPS) is 14.0. The van der Waals surface area contributed by atoms with E-state index in [1.165, 1.54) is 11.1 Å². The van der Waals surface area contributed by atoms with Crippen LogP contribution in [0.4, 0.5) is 0 Å². The standard InChI is InChI=1S/C16H16Cl2N2O2S/c17-15-2-1-3-16(18)14(15)10-23(21,22)20-7-11-4-5-12-8-19-9-13(12)6-11/h1-6,19-20H,7-10H2. The zero-order valence-electron chi connectivity index (χ0n) is 12.3. The molecule has 2 aromatic carbocycles. The lowest BCUT2D eigenvalue weighted by Gasteiger charge is -2.10. The van der Waals surface area contributed by atoms with Gasteiger partial charge in [-0.1, -0.05) is 47.5 Å². The van der Waals surface area contributed by atoms with Gasteiger partial charge in [0.05, 0.1) is 5.75 Å². The Hall–Kier alpha value is -1.11. The lowest BCUT2D eigenvalue weighted by Crippen LogP contribution is -2.25. The molecule has 2 N–H and O–H groups in total. The first-order valence-electron chi connectivity index (χ1n) is 7.16. The quantitative estimate of drug-likeness (QED) is 0.849. The molecular formula is C16H16Cl2N2O2S. The van der Waals surface area contributed by atoms with E-state index in [-0.39, 0.29) is 12.3 Å². The Bertz CT molecular complexity index is 818. The summed E-state index contributed by atoms with van der Waals surface area (Å²) < 4.78 is 27.1. The molecular weight excluding hydrogens is 355 g/mol. The van der Waals surface area contributed by atoms with E-state index in [1.807, 2.05) is 18.2 Å². The number of hydrogen-bond acceptors (Lipinski definition) is 3. The maximum atomic E-state index is 12.3. The van der Waals surface area contributed by atoms with Crippen LogP contribution < -0.4 is 10.0 Å². The summed E-state index contributed by atoms with van der Waals surface area (Å²) >= 11 is 12.1. The van der Waals surface area contributed by atoms with Gasteiger partial charge in [0.2, 0.25) is 10.0 Å². The van der Waals surface area contributed by atoms with Crippen molar-refractivity contribution in [2.24, 2.45) is 0 Å². The first kappa shape index (κ1) is 16.7. The molecule has 1 aliphatic heterocycles. The fraction of sp³-hybridized carbons (Fsp3) is 0.250. The highest BCUT2D eigenvalue weighted by Gasteiger charge is 2.17. The Kier molecular flexibility index (Phi) is 4.94. The summed E-state index contributed by atoms with van der Waals surface area (Å²) in [4.78, 5) is 0. The molecule has 1 aliphatic rings. The van der Waals surface area contributed by atoms with Crippen LogP contribution in [-0.2, 0) is 35.4 Å². The molecule has 0 aliphatic carbocycles. The highest BCUT2D eigenvalue weighted by Crippen LogP contribution is 2.26. The molecule has 0 bridgehead atoms. The van der Waals surface area contributed by atoms with Gasteiger partial charge < -0.3 is 5.32 Å². The minimum atomic E-state index is -3.53. The second-order valence-corrected chi connectivity index (χ2v) is 8.11. The first-order chi connectivity index (χ1) is 10.9. The summed E-state index contributed by atoms with van der Waals surface area (Å²) in [6.45, 7) is 1.94. The van der Waals surface area contributed by atoms with Crippen LogP contribution in [0.25, 0.3) is 0 Å². The van der Waals surface area contributed by atoms with Crippen LogP contribution in [-0.4, -0.2) is 8.42 Å². The fourth-order valence-electron chi connectivity index (χ4n) is 2.56. The summed E-state index contributed by atoms with van der Waals surface area (Å²) in [7, 11) is -3.53. The molecule has 0 aromatic heterocycles. The van der Waals surface area contributed by atoms with Crippen molar-refractivity contribution in [1.82, 2.24) is 10.0 Å². The molecule has 4 nitrogen and oxygen atoms in total. The Morgan fingerprint density at radius 2 is 1.74 bits per heavy atom. The zero-order chi connectivity index (χ0) is 16.4. The molecule has 0 spiro atoms. The Balaban J connectivity index is 1.69. The Morgan fingerprint density at radius 3 is 2.48 bits per heavy atom. The molecule has 0 amide bonds. The van der Waals surface area contributed by atoms with Crippen molar-refractivity contribution in [2.45, 2.75) is 25.4 Å². The molecule has 1 heterocycles. The van der Waals surface area contributed by atoms with Gasteiger partial charge in [0.25, 0.3) is 0 Å². The summed E-state index contributed by atoms with van der Waals surface area (Å²) in [5.41, 5.74) is 3.83. The average Bonchev–Trinajstić information content (AvgIpc) is 2.97. The molecule has 0 saturated heterocycles. The van der Waals surface area contributed by atoms with Crippen molar-refractivity contribution in [3.8, 4) is 0 Å². The third-order valence-electron chi connectivity index (χ3n) is 3.79. The van der Waals surface area contributed by atoms with Crippen LogP contribution in [0.3, 0.4) is 0 Å². The summed E-state index contributed by atoms with van der Waals surface area (Å²) in [5, 5.41) is 3.97. The summed E-state index contributed by atoms with van der Waals surface area (Å²) in [5.74, 6) is -0.238. The number of benzene rings is 2. The molecule has 122 valence electrons. The molecule has 3 rings (SSSR count).